The Balaban J connectivity index is 1.97. The van der Waals surface area contributed by atoms with Gasteiger partial charge in [-0.25, -0.2) is 0 Å². The zero-order chi connectivity index (χ0) is 15.0. The van der Waals surface area contributed by atoms with Crippen LogP contribution < -0.4 is 14.8 Å². The van der Waals surface area contributed by atoms with Gasteiger partial charge in [0.15, 0.2) is 11.5 Å². The summed E-state index contributed by atoms with van der Waals surface area (Å²) in [5.41, 5.74) is -0.110. The Kier molecular flexibility index (Phi) is 3.56. The van der Waals surface area contributed by atoms with Crippen LogP contribution in [0, 0.1) is 0 Å². The molecule has 20 heavy (non-hydrogen) atoms. The lowest BCUT2D eigenvalue weighted by Gasteiger charge is -2.19. The topological polar surface area (TPSA) is 56.8 Å². The predicted molar refractivity (Wildman–Crippen MR) is 67.0 cm³/mol. The zero-order valence-corrected chi connectivity index (χ0v) is 11.3. The average molecular weight is 287 g/mol. The van der Waals surface area contributed by atoms with E-state index in [2.05, 4.69) is 14.8 Å². The van der Waals surface area contributed by atoms with Crippen molar-refractivity contribution >= 4 is 11.6 Å². The first kappa shape index (κ1) is 14.5. The molecule has 1 N–H and O–H groups in total. The molecule has 0 saturated carbocycles. The number of rotatable bonds is 3. The van der Waals surface area contributed by atoms with Gasteiger partial charge in [0.05, 0.1) is 5.60 Å². The first-order valence-electron chi connectivity index (χ1n) is 5.98. The second-order valence-electron chi connectivity index (χ2n) is 5.28. The van der Waals surface area contributed by atoms with Gasteiger partial charge in [-0.2, -0.15) is 0 Å². The summed E-state index contributed by atoms with van der Waals surface area (Å²) in [6, 6.07) is 4.01. The SMILES string of the molecule is CC(C)(C)OCC(=O)Nc1ccc2c(c1)OC(F)(F)O2. The molecular weight excluding hydrogens is 272 g/mol. The number of nitrogens with one attached hydrogen (secondary N) is 1. The minimum Gasteiger partial charge on any atom is -0.395 e. The molecule has 0 bridgehead atoms. The molecular formula is C13H15F2NO4. The molecule has 1 heterocycles. The van der Waals surface area contributed by atoms with Crippen LogP contribution in [0.1, 0.15) is 20.8 Å². The summed E-state index contributed by atoms with van der Waals surface area (Å²) < 4.78 is 39.5. The number of halogens is 2. The van der Waals surface area contributed by atoms with Crippen LogP contribution in [0.15, 0.2) is 18.2 Å². The van der Waals surface area contributed by atoms with Gasteiger partial charge in [-0.05, 0) is 32.9 Å². The highest BCUT2D eigenvalue weighted by atomic mass is 19.3. The molecule has 0 aromatic heterocycles. The lowest BCUT2D eigenvalue weighted by molar-refractivity contribution is -0.286. The zero-order valence-electron chi connectivity index (χ0n) is 11.3. The van der Waals surface area contributed by atoms with E-state index < -0.39 is 11.9 Å². The fraction of sp³-hybridized carbons (Fsp3) is 0.462. The molecule has 0 spiro atoms. The Labute approximate surface area is 114 Å². The standard InChI is InChI=1S/C13H15F2NO4/c1-12(2,3)18-7-11(17)16-8-4-5-9-10(6-8)20-13(14,15)19-9/h4-6H,7H2,1-3H3,(H,16,17). The molecule has 0 saturated heterocycles. The molecule has 2 rings (SSSR count). The molecule has 110 valence electrons. The van der Waals surface area contributed by atoms with E-state index in [1.165, 1.54) is 18.2 Å². The van der Waals surface area contributed by atoms with Gasteiger partial charge in [0.25, 0.3) is 0 Å². The fourth-order valence-electron chi connectivity index (χ4n) is 1.51. The summed E-state index contributed by atoms with van der Waals surface area (Å²) in [4.78, 5) is 11.6. The monoisotopic (exact) mass is 287 g/mol. The van der Waals surface area contributed by atoms with Gasteiger partial charge in [0.1, 0.15) is 6.61 Å². The number of hydrogen-bond acceptors (Lipinski definition) is 4. The maximum absolute atomic E-state index is 12.8. The quantitative estimate of drug-likeness (QED) is 0.928. The molecule has 0 fully saturated rings. The molecule has 1 aliphatic rings. The highest BCUT2D eigenvalue weighted by Gasteiger charge is 2.43. The van der Waals surface area contributed by atoms with Crippen molar-refractivity contribution in [3.8, 4) is 11.5 Å². The van der Waals surface area contributed by atoms with E-state index >= 15 is 0 Å². The largest absolute Gasteiger partial charge is 0.586 e. The van der Waals surface area contributed by atoms with Crippen LogP contribution in [-0.4, -0.2) is 24.4 Å². The number of benzene rings is 1. The van der Waals surface area contributed by atoms with Crippen LogP contribution >= 0.6 is 0 Å². The number of hydrogen-bond donors (Lipinski definition) is 1. The van der Waals surface area contributed by atoms with Crippen molar-refractivity contribution in [3.05, 3.63) is 18.2 Å². The Bertz CT molecular complexity index is 526. The van der Waals surface area contributed by atoms with Crippen molar-refractivity contribution in [2.45, 2.75) is 32.7 Å². The third kappa shape index (κ3) is 3.80. The minimum atomic E-state index is -3.67. The van der Waals surface area contributed by atoms with Crippen molar-refractivity contribution in [2.75, 3.05) is 11.9 Å². The maximum Gasteiger partial charge on any atom is 0.586 e. The van der Waals surface area contributed by atoms with E-state index in [0.29, 0.717) is 5.69 Å². The lowest BCUT2D eigenvalue weighted by atomic mass is 10.2. The average Bonchev–Trinajstić information content (AvgIpc) is 2.59. The molecule has 1 aromatic rings. The lowest BCUT2D eigenvalue weighted by Crippen LogP contribution is -2.27. The molecule has 1 aromatic carbocycles. The summed E-state index contributed by atoms with van der Waals surface area (Å²) >= 11 is 0. The van der Waals surface area contributed by atoms with Gasteiger partial charge in [-0.1, -0.05) is 0 Å². The predicted octanol–water partition coefficient (Wildman–Crippen LogP) is 2.76. The summed E-state index contributed by atoms with van der Waals surface area (Å²) in [7, 11) is 0. The Morgan fingerprint density at radius 2 is 1.95 bits per heavy atom. The van der Waals surface area contributed by atoms with E-state index in [1.807, 2.05) is 20.8 Å². The number of alkyl halides is 2. The smallest absolute Gasteiger partial charge is 0.395 e. The normalized spacial score (nSPS) is 16.1. The Morgan fingerprint density at radius 1 is 1.30 bits per heavy atom. The van der Waals surface area contributed by atoms with E-state index in [-0.39, 0.29) is 24.0 Å². The molecule has 1 aliphatic heterocycles. The van der Waals surface area contributed by atoms with Crippen molar-refractivity contribution in [1.29, 1.82) is 0 Å². The van der Waals surface area contributed by atoms with Crippen molar-refractivity contribution < 1.29 is 27.8 Å². The number of ether oxygens (including phenoxy) is 3. The van der Waals surface area contributed by atoms with Crippen LogP contribution in [0.5, 0.6) is 11.5 Å². The summed E-state index contributed by atoms with van der Waals surface area (Å²) in [6.45, 7) is 5.34. The summed E-state index contributed by atoms with van der Waals surface area (Å²) in [5, 5.41) is 2.53. The fourth-order valence-corrected chi connectivity index (χ4v) is 1.51. The molecule has 0 atom stereocenters. The van der Waals surface area contributed by atoms with Gasteiger partial charge < -0.3 is 19.5 Å². The van der Waals surface area contributed by atoms with Crippen LogP contribution in [-0.2, 0) is 9.53 Å². The first-order valence-corrected chi connectivity index (χ1v) is 5.98. The van der Waals surface area contributed by atoms with Gasteiger partial charge >= 0.3 is 6.29 Å². The van der Waals surface area contributed by atoms with E-state index in [9.17, 15) is 13.6 Å². The van der Waals surface area contributed by atoms with E-state index in [0.717, 1.165) is 0 Å². The molecule has 1 amide bonds. The van der Waals surface area contributed by atoms with Gasteiger partial charge in [-0.3, -0.25) is 4.79 Å². The minimum absolute atomic E-state index is 0.0704. The summed E-state index contributed by atoms with van der Waals surface area (Å²) in [6.07, 6.45) is -3.67. The highest BCUT2D eigenvalue weighted by molar-refractivity contribution is 5.92. The molecule has 0 aliphatic carbocycles. The maximum atomic E-state index is 12.8. The van der Waals surface area contributed by atoms with Gasteiger partial charge in [0, 0.05) is 11.8 Å². The van der Waals surface area contributed by atoms with E-state index in [4.69, 9.17) is 4.74 Å². The molecule has 0 radical (unpaired) electrons. The number of fused-ring (bicyclic) bond motifs is 1. The number of amides is 1. The Hall–Kier alpha value is -1.89. The second-order valence-corrected chi connectivity index (χ2v) is 5.28. The van der Waals surface area contributed by atoms with Crippen LogP contribution in [0.25, 0.3) is 0 Å². The van der Waals surface area contributed by atoms with E-state index in [1.54, 1.807) is 0 Å². The molecule has 7 heteroatoms. The van der Waals surface area contributed by atoms with Crippen LogP contribution in [0.2, 0.25) is 0 Å². The van der Waals surface area contributed by atoms with Gasteiger partial charge in [0.2, 0.25) is 5.91 Å². The first-order chi connectivity index (χ1) is 9.15. The highest BCUT2D eigenvalue weighted by Crippen LogP contribution is 2.42. The molecule has 5 nitrogen and oxygen atoms in total. The van der Waals surface area contributed by atoms with Crippen LogP contribution in [0.3, 0.4) is 0 Å². The molecule has 0 unspecified atom stereocenters. The van der Waals surface area contributed by atoms with Crippen molar-refractivity contribution in [2.24, 2.45) is 0 Å². The third-order valence-electron chi connectivity index (χ3n) is 2.32. The number of carbonyl (C=O) groups is 1. The van der Waals surface area contributed by atoms with Gasteiger partial charge in [-0.15, -0.1) is 8.78 Å². The third-order valence-corrected chi connectivity index (χ3v) is 2.32. The number of carbonyl (C=O) groups excluding carboxylic acids is 1. The van der Waals surface area contributed by atoms with Crippen molar-refractivity contribution in [1.82, 2.24) is 0 Å². The summed E-state index contributed by atoms with van der Waals surface area (Å²) in [5.74, 6) is -0.575. The second kappa shape index (κ2) is 4.90. The van der Waals surface area contributed by atoms with Crippen LogP contribution in [0.4, 0.5) is 14.5 Å². The Morgan fingerprint density at radius 3 is 2.60 bits per heavy atom. The number of anilines is 1. The van der Waals surface area contributed by atoms with Crippen molar-refractivity contribution in [3.63, 3.8) is 0 Å².